The molecule has 1 amide bonds. The van der Waals surface area contributed by atoms with Gasteiger partial charge in [-0.25, -0.2) is 0 Å². The van der Waals surface area contributed by atoms with Gasteiger partial charge in [0.25, 0.3) is 0 Å². The lowest BCUT2D eigenvalue weighted by Gasteiger charge is -2.22. The van der Waals surface area contributed by atoms with E-state index in [2.05, 4.69) is 0 Å². The molecule has 1 fully saturated rings. The molecule has 0 N–H and O–H groups in total. The quantitative estimate of drug-likeness (QED) is 0.664. The molecule has 0 spiro atoms. The van der Waals surface area contributed by atoms with Crippen molar-refractivity contribution in [2.75, 3.05) is 26.3 Å². The largest absolute Gasteiger partial charge is 0.381 e. The van der Waals surface area contributed by atoms with Crippen LogP contribution in [0.2, 0.25) is 0 Å². The minimum absolute atomic E-state index is 0.129. The summed E-state index contributed by atoms with van der Waals surface area (Å²) in [5.74, 6) is 0.656. The normalized spacial score (nSPS) is 20.1. The smallest absolute Gasteiger partial charge is 0.246 e. The summed E-state index contributed by atoms with van der Waals surface area (Å²) in [6.45, 7) is 9.18. The van der Waals surface area contributed by atoms with E-state index in [1.54, 1.807) is 6.08 Å². The number of ether oxygens (including phenoxy) is 1. The Labute approximate surface area is 92.1 Å². The van der Waals surface area contributed by atoms with Gasteiger partial charge >= 0.3 is 0 Å². The van der Waals surface area contributed by atoms with Gasteiger partial charge in [-0.15, -0.1) is 0 Å². The molecule has 0 aromatic rings. The Hall–Kier alpha value is -0.830. The Morgan fingerprint density at radius 3 is 2.73 bits per heavy atom. The van der Waals surface area contributed by atoms with Crippen LogP contribution in [0.1, 0.15) is 27.2 Å². The van der Waals surface area contributed by atoms with Crippen LogP contribution in [0.3, 0.4) is 0 Å². The first-order valence-corrected chi connectivity index (χ1v) is 5.65. The summed E-state index contributed by atoms with van der Waals surface area (Å²) in [6, 6.07) is 0. The van der Waals surface area contributed by atoms with E-state index < -0.39 is 0 Å². The van der Waals surface area contributed by atoms with Gasteiger partial charge in [-0.3, -0.25) is 4.79 Å². The van der Waals surface area contributed by atoms with Gasteiger partial charge in [0.1, 0.15) is 0 Å². The van der Waals surface area contributed by atoms with E-state index in [0.717, 1.165) is 38.3 Å². The molecule has 1 heterocycles. The van der Waals surface area contributed by atoms with Crippen molar-refractivity contribution in [3.63, 3.8) is 0 Å². The maximum absolute atomic E-state index is 11.8. The number of allylic oxidation sites excluding steroid dienone is 1. The van der Waals surface area contributed by atoms with Crippen LogP contribution in [0.25, 0.3) is 0 Å². The van der Waals surface area contributed by atoms with E-state index >= 15 is 0 Å². The fraction of sp³-hybridized carbons (Fsp3) is 0.750. The van der Waals surface area contributed by atoms with Crippen LogP contribution in [-0.4, -0.2) is 37.1 Å². The Bertz CT molecular complexity index is 238. The van der Waals surface area contributed by atoms with Crippen LogP contribution < -0.4 is 0 Å². The molecule has 3 heteroatoms. The molecule has 1 rings (SSSR count). The maximum Gasteiger partial charge on any atom is 0.246 e. The Morgan fingerprint density at radius 2 is 2.27 bits per heavy atom. The lowest BCUT2D eigenvalue weighted by atomic mass is 10.1. The molecule has 1 atom stereocenters. The highest BCUT2D eigenvalue weighted by Gasteiger charge is 2.20. The molecule has 1 aliphatic rings. The third-order valence-corrected chi connectivity index (χ3v) is 2.61. The number of nitrogens with zero attached hydrogens (tertiary/aromatic N) is 1. The summed E-state index contributed by atoms with van der Waals surface area (Å²) in [7, 11) is 0. The third kappa shape index (κ3) is 4.04. The van der Waals surface area contributed by atoms with Gasteiger partial charge in [0.2, 0.25) is 5.91 Å². The number of carbonyl (C=O) groups is 1. The molecule has 3 nitrogen and oxygen atoms in total. The Balaban J connectivity index is 2.47. The van der Waals surface area contributed by atoms with Crippen LogP contribution in [0.15, 0.2) is 11.6 Å². The molecule has 0 saturated carbocycles. The highest BCUT2D eigenvalue weighted by atomic mass is 16.5. The lowest BCUT2D eigenvalue weighted by Crippen LogP contribution is -2.34. The molecule has 86 valence electrons. The minimum Gasteiger partial charge on any atom is -0.381 e. The van der Waals surface area contributed by atoms with Crippen molar-refractivity contribution in [1.82, 2.24) is 4.90 Å². The van der Waals surface area contributed by atoms with Gasteiger partial charge in [-0.2, -0.15) is 0 Å². The second kappa shape index (κ2) is 5.91. The van der Waals surface area contributed by atoms with Gasteiger partial charge in [0.15, 0.2) is 0 Å². The number of likely N-dealkylation sites (N-methyl/N-ethyl adjacent to an activating group) is 1. The summed E-state index contributed by atoms with van der Waals surface area (Å²) < 4.78 is 5.31. The van der Waals surface area contributed by atoms with Crippen molar-refractivity contribution in [2.45, 2.75) is 27.2 Å². The zero-order chi connectivity index (χ0) is 11.3. The van der Waals surface area contributed by atoms with Gasteiger partial charge in [-0.05, 0) is 27.2 Å². The van der Waals surface area contributed by atoms with Crippen LogP contribution in [0.5, 0.6) is 0 Å². The lowest BCUT2D eigenvalue weighted by molar-refractivity contribution is -0.126. The number of carbonyl (C=O) groups excluding carboxylic acids is 1. The highest BCUT2D eigenvalue weighted by Crippen LogP contribution is 2.14. The van der Waals surface area contributed by atoms with E-state index in [1.807, 2.05) is 25.7 Å². The molecule has 0 aromatic heterocycles. The predicted octanol–water partition coefficient (Wildman–Crippen LogP) is 1.84. The van der Waals surface area contributed by atoms with Crippen LogP contribution >= 0.6 is 0 Å². The average molecular weight is 211 g/mol. The van der Waals surface area contributed by atoms with E-state index in [1.165, 1.54) is 0 Å². The summed E-state index contributed by atoms with van der Waals surface area (Å²) in [5.41, 5.74) is 1.06. The van der Waals surface area contributed by atoms with Gasteiger partial charge in [-0.1, -0.05) is 5.57 Å². The molecule has 15 heavy (non-hydrogen) atoms. The van der Waals surface area contributed by atoms with Crippen LogP contribution in [0.4, 0.5) is 0 Å². The SMILES string of the molecule is CCN(C[C@@H]1CCOC1)C(=O)C=C(C)C. The second-order valence-electron chi connectivity index (χ2n) is 4.33. The average Bonchev–Trinajstić information content (AvgIpc) is 2.65. The van der Waals surface area contributed by atoms with E-state index in [4.69, 9.17) is 4.74 Å². The van der Waals surface area contributed by atoms with Crippen LogP contribution in [0, 0.1) is 5.92 Å². The molecule has 1 saturated heterocycles. The first-order valence-electron chi connectivity index (χ1n) is 5.65. The predicted molar refractivity (Wildman–Crippen MR) is 60.6 cm³/mol. The Morgan fingerprint density at radius 1 is 1.53 bits per heavy atom. The zero-order valence-electron chi connectivity index (χ0n) is 9.95. The molecule has 0 radical (unpaired) electrons. The van der Waals surface area contributed by atoms with E-state index in [9.17, 15) is 4.79 Å². The van der Waals surface area contributed by atoms with E-state index in [0.29, 0.717) is 5.92 Å². The zero-order valence-corrected chi connectivity index (χ0v) is 9.95. The molecule has 1 aliphatic heterocycles. The fourth-order valence-electron chi connectivity index (χ4n) is 1.75. The summed E-state index contributed by atoms with van der Waals surface area (Å²) in [4.78, 5) is 13.7. The molecular weight excluding hydrogens is 190 g/mol. The van der Waals surface area contributed by atoms with E-state index in [-0.39, 0.29) is 5.91 Å². The van der Waals surface area contributed by atoms with Crippen LogP contribution in [-0.2, 0) is 9.53 Å². The van der Waals surface area contributed by atoms with Gasteiger partial charge in [0.05, 0.1) is 6.61 Å². The summed E-state index contributed by atoms with van der Waals surface area (Å²) in [6.07, 6.45) is 2.79. The van der Waals surface area contributed by atoms with Gasteiger partial charge < -0.3 is 9.64 Å². The number of hydrogen-bond acceptors (Lipinski definition) is 2. The van der Waals surface area contributed by atoms with Crippen molar-refractivity contribution in [3.8, 4) is 0 Å². The number of amides is 1. The molecule has 0 bridgehead atoms. The third-order valence-electron chi connectivity index (χ3n) is 2.61. The molecular formula is C12H21NO2. The first kappa shape index (κ1) is 12.2. The number of rotatable bonds is 4. The maximum atomic E-state index is 11.8. The molecule has 0 aliphatic carbocycles. The number of hydrogen-bond donors (Lipinski definition) is 0. The van der Waals surface area contributed by atoms with Gasteiger partial charge in [0, 0.05) is 31.7 Å². The standard InChI is InChI=1S/C12H21NO2/c1-4-13(12(14)7-10(2)3)8-11-5-6-15-9-11/h7,11H,4-6,8-9H2,1-3H3/t11-/m0/s1. The van der Waals surface area contributed by atoms with Crippen molar-refractivity contribution in [1.29, 1.82) is 0 Å². The monoisotopic (exact) mass is 211 g/mol. The molecule has 0 aromatic carbocycles. The molecule has 0 unspecified atom stereocenters. The minimum atomic E-state index is 0.129. The summed E-state index contributed by atoms with van der Waals surface area (Å²) >= 11 is 0. The fourth-order valence-corrected chi connectivity index (χ4v) is 1.75. The highest BCUT2D eigenvalue weighted by molar-refractivity contribution is 5.88. The first-order chi connectivity index (χ1) is 7.13. The van der Waals surface area contributed by atoms with Crippen molar-refractivity contribution in [3.05, 3.63) is 11.6 Å². The Kier molecular flexibility index (Phi) is 4.82. The topological polar surface area (TPSA) is 29.5 Å². The van der Waals surface area contributed by atoms with Crippen molar-refractivity contribution >= 4 is 5.91 Å². The van der Waals surface area contributed by atoms with Crippen molar-refractivity contribution in [2.24, 2.45) is 5.92 Å². The second-order valence-corrected chi connectivity index (χ2v) is 4.33. The summed E-state index contributed by atoms with van der Waals surface area (Å²) in [5, 5.41) is 0. The van der Waals surface area contributed by atoms with Crippen molar-refractivity contribution < 1.29 is 9.53 Å².